The van der Waals surface area contributed by atoms with Crippen LogP contribution in [0.5, 0.6) is 5.75 Å². The summed E-state index contributed by atoms with van der Waals surface area (Å²) in [5.74, 6) is 0.490. The van der Waals surface area contributed by atoms with Crippen LogP contribution in [0.15, 0.2) is 60.0 Å². The van der Waals surface area contributed by atoms with Crippen LogP contribution < -0.4 is 10.1 Å². The third kappa shape index (κ3) is 5.36. The van der Waals surface area contributed by atoms with Crippen molar-refractivity contribution in [2.45, 2.75) is 19.9 Å². The third-order valence-electron chi connectivity index (χ3n) is 5.41. The second-order valence-corrected chi connectivity index (χ2v) is 8.59. The second-order valence-electron chi connectivity index (χ2n) is 7.59. The third-order valence-corrected chi connectivity index (χ3v) is 6.43. The number of benzene rings is 2. The van der Waals surface area contributed by atoms with E-state index in [1.54, 1.807) is 23.5 Å². The number of rotatable bonds is 8. The molecular formula is C25H26N2O4S. The highest BCUT2D eigenvalue weighted by Gasteiger charge is 2.24. The molecule has 0 bridgehead atoms. The number of carbonyl (C=O) groups excluding carboxylic acids is 2. The lowest BCUT2D eigenvalue weighted by molar-refractivity contribution is -0.120. The van der Waals surface area contributed by atoms with Gasteiger partial charge in [0, 0.05) is 29.2 Å². The molecule has 3 aromatic rings. The number of hydrogen-bond acceptors (Lipinski definition) is 5. The number of nitrogens with one attached hydrogen (secondary N) is 1. The maximum Gasteiger partial charge on any atom is 0.254 e. The number of amides is 2. The second kappa shape index (κ2) is 10.4. The summed E-state index contributed by atoms with van der Waals surface area (Å²) in [7, 11) is 0. The Morgan fingerprint density at radius 3 is 2.75 bits per heavy atom. The van der Waals surface area contributed by atoms with E-state index in [1.807, 2.05) is 48.2 Å². The van der Waals surface area contributed by atoms with Crippen molar-refractivity contribution in [3.8, 4) is 5.75 Å². The van der Waals surface area contributed by atoms with Gasteiger partial charge < -0.3 is 19.7 Å². The highest BCUT2D eigenvalue weighted by molar-refractivity contribution is 7.10. The van der Waals surface area contributed by atoms with Gasteiger partial charge in [0.25, 0.3) is 5.91 Å². The highest BCUT2D eigenvalue weighted by atomic mass is 32.1. The summed E-state index contributed by atoms with van der Waals surface area (Å²) in [6, 6.07) is 17.0. The zero-order valence-electron chi connectivity index (χ0n) is 18.0. The maximum atomic E-state index is 13.1. The van der Waals surface area contributed by atoms with Crippen molar-refractivity contribution >= 4 is 28.8 Å². The van der Waals surface area contributed by atoms with Gasteiger partial charge in [0.05, 0.1) is 6.61 Å². The Labute approximate surface area is 191 Å². The van der Waals surface area contributed by atoms with Crippen LogP contribution in [0.1, 0.15) is 26.4 Å². The Morgan fingerprint density at radius 2 is 1.91 bits per heavy atom. The number of ether oxygens (including phenoxy) is 2. The Morgan fingerprint density at radius 1 is 1.06 bits per heavy atom. The van der Waals surface area contributed by atoms with Gasteiger partial charge in [0.1, 0.15) is 19.0 Å². The summed E-state index contributed by atoms with van der Waals surface area (Å²) in [6.07, 6.45) is 0.888. The largest absolute Gasteiger partial charge is 0.491 e. The summed E-state index contributed by atoms with van der Waals surface area (Å²) in [5, 5.41) is 4.93. The van der Waals surface area contributed by atoms with E-state index < -0.39 is 0 Å². The SMILES string of the molecule is Cc1c(NC(=O)COCCOc2ccccc2)cccc1C(=O)N1CCc2sccc2C1. The summed E-state index contributed by atoms with van der Waals surface area (Å²) in [4.78, 5) is 28.7. The normalized spacial score (nSPS) is 12.8. The van der Waals surface area contributed by atoms with Crippen LogP contribution in [-0.4, -0.2) is 43.1 Å². The number of para-hydroxylation sites is 1. The Hall–Kier alpha value is -3.16. The van der Waals surface area contributed by atoms with Crippen LogP contribution in [0.2, 0.25) is 0 Å². The molecule has 2 heterocycles. The smallest absolute Gasteiger partial charge is 0.254 e. The number of fused-ring (bicyclic) bond motifs is 1. The molecule has 2 aromatic carbocycles. The average molecular weight is 451 g/mol. The molecule has 166 valence electrons. The summed E-state index contributed by atoms with van der Waals surface area (Å²) in [5.41, 5.74) is 3.22. The van der Waals surface area contributed by atoms with Crippen LogP contribution >= 0.6 is 11.3 Å². The molecular weight excluding hydrogens is 424 g/mol. The quantitative estimate of drug-likeness (QED) is 0.520. The van der Waals surface area contributed by atoms with Gasteiger partial charge in [-0.2, -0.15) is 0 Å². The first-order valence-corrected chi connectivity index (χ1v) is 11.5. The van der Waals surface area contributed by atoms with Gasteiger partial charge in [0.15, 0.2) is 0 Å². The molecule has 0 spiro atoms. The molecule has 4 rings (SSSR count). The first kappa shape index (κ1) is 22.0. The van der Waals surface area contributed by atoms with E-state index in [1.165, 1.54) is 10.4 Å². The Bertz CT molecular complexity index is 1080. The molecule has 0 aliphatic carbocycles. The molecule has 0 atom stereocenters. The Balaban J connectivity index is 1.28. The van der Waals surface area contributed by atoms with Crippen LogP contribution in [0.3, 0.4) is 0 Å². The van der Waals surface area contributed by atoms with Crippen molar-refractivity contribution in [3.63, 3.8) is 0 Å². The van der Waals surface area contributed by atoms with Gasteiger partial charge in [-0.25, -0.2) is 0 Å². The summed E-state index contributed by atoms with van der Waals surface area (Å²) in [6.45, 7) is 3.79. The maximum absolute atomic E-state index is 13.1. The lowest BCUT2D eigenvalue weighted by Gasteiger charge is -2.28. The zero-order valence-corrected chi connectivity index (χ0v) is 18.8. The van der Waals surface area contributed by atoms with Crippen molar-refractivity contribution in [3.05, 3.63) is 81.5 Å². The van der Waals surface area contributed by atoms with Gasteiger partial charge >= 0.3 is 0 Å². The van der Waals surface area contributed by atoms with Crippen molar-refractivity contribution in [1.29, 1.82) is 0 Å². The lowest BCUT2D eigenvalue weighted by Crippen LogP contribution is -2.35. The van der Waals surface area contributed by atoms with Gasteiger partial charge in [-0.05, 0) is 60.2 Å². The van der Waals surface area contributed by atoms with Gasteiger partial charge in [-0.3, -0.25) is 9.59 Å². The van der Waals surface area contributed by atoms with E-state index in [0.29, 0.717) is 37.6 Å². The monoisotopic (exact) mass is 450 g/mol. The minimum absolute atomic E-state index is 0.00948. The molecule has 0 radical (unpaired) electrons. The van der Waals surface area contributed by atoms with Crippen LogP contribution in [0.4, 0.5) is 5.69 Å². The van der Waals surface area contributed by atoms with Crippen molar-refractivity contribution in [2.75, 3.05) is 31.7 Å². The first-order chi connectivity index (χ1) is 15.6. The van der Waals surface area contributed by atoms with E-state index >= 15 is 0 Å². The fourth-order valence-corrected chi connectivity index (χ4v) is 4.57. The molecule has 2 amide bonds. The molecule has 0 saturated heterocycles. The standard InChI is InChI=1S/C25H26N2O4S/c1-18-21(25(29)27-12-10-23-19(16-27)11-15-32-23)8-5-9-22(18)26-24(28)17-30-13-14-31-20-6-3-2-4-7-20/h2-9,11,15H,10,12-14,16-17H2,1H3,(H,26,28). The molecule has 1 aliphatic heterocycles. The molecule has 1 N–H and O–H groups in total. The summed E-state index contributed by atoms with van der Waals surface area (Å²) >= 11 is 1.75. The number of nitrogens with zero attached hydrogens (tertiary/aromatic N) is 1. The minimum atomic E-state index is -0.265. The van der Waals surface area contributed by atoms with Crippen molar-refractivity contribution in [1.82, 2.24) is 4.90 Å². The van der Waals surface area contributed by atoms with Crippen LogP contribution in [0, 0.1) is 6.92 Å². The van der Waals surface area contributed by atoms with Crippen LogP contribution in [-0.2, 0) is 22.5 Å². The fourth-order valence-electron chi connectivity index (χ4n) is 3.68. The molecule has 1 aromatic heterocycles. The van der Waals surface area contributed by atoms with Crippen molar-refractivity contribution < 1.29 is 19.1 Å². The van der Waals surface area contributed by atoms with E-state index in [4.69, 9.17) is 9.47 Å². The van der Waals surface area contributed by atoms with Crippen molar-refractivity contribution in [2.24, 2.45) is 0 Å². The lowest BCUT2D eigenvalue weighted by atomic mass is 10.0. The highest BCUT2D eigenvalue weighted by Crippen LogP contribution is 2.27. The number of anilines is 1. The van der Waals surface area contributed by atoms with E-state index in [2.05, 4.69) is 16.8 Å². The minimum Gasteiger partial charge on any atom is -0.491 e. The van der Waals surface area contributed by atoms with Gasteiger partial charge in [-0.1, -0.05) is 24.3 Å². The number of hydrogen-bond donors (Lipinski definition) is 1. The molecule has 0 saturated carbocycles. The topological polar surface area (TPSA) is 67.9 Å². The fraction of sp³-hybridized carbons (Fsp3) is 0.280. The van der Waals surface area contributed by atoms with Gasteiger partial charge in [0.2, 0.25) is 5.91 Å². The van der Waals surface area contributed by atoms with E-state index in [9.17, 15) is 9.59 Å². The zero-order chi connectivity index (χ0) is 22.3. The molecule has 7 heteroatoms. The molecule has 32 heavy (non-hydrogen) atoms. The van der Waals surface area contributed by atoms with Gasteiger partial charge in [-0.15, -0.1) is 11.3 Å². The number of carbonyl (C=O) groups is 2. The van der Waals surface area contributed by atoms with E-state index in [0.717, 1.165) is 17.7 Å². The molecule has 0 unspecified atom stereocenters. The average Bonchev–Trinajstić information content (AvgIpc) is 3.28. The summed E-state index contributed by atoms with van der Waals surface area (Å²) < 4.78 is 11.0. The Kier molecular flexibility index (Phi) is 7.19. The molecule has 1 aliphatic rings. The first-order valence-electron chi connectivity index (χ1n) is 10.6. The van der Waals surface area contributed by atoms with E-state index in [-0.39, 0.29) is 18.4 Å². The predicted molar refractivity (Wildman–Crippen MR) is 125 cm³/mol. The molecule has 0 fully saturated rings. The predicted octanol–water partition coefficient (Wildman–Crippen LogP) is 4.29. The molecule has 6 nitrogen and oxygen atoms in total. The van der Waals surface area contributed by atoms with Crippen LogP contribution in [0.25, 0.3) is 0 Å². The number of thiophene rings is 1.